The molecular weight excluding hydrogens is 268 g/mol. The number of hydrogen-bond acceptors (Lipinski definition) is 0. The van der Waals surface area contributed by atoms with Crippen LogP contribution in [0.4, 0.5) is 0 Å². The van der Waals surface area contributed by atoms with Crippen LogP contribution in [0.15, 0.2) is 52.6 Å². The molecule has 1 aliphatic carbocycles. The second-order valence-electron chi connectivity index (χ2n) is 6.97. The number of benzene rings is 1. The predicted molar refractivity (Wildman–Crippen MR) is 98.1 cm³/mol. The van der Waals surface area contributed by atoms with Crippen LogP contribution in [0.25, 0.3) is 0 Å². The van der Waals surface area contributed by atoms with E-state index in [2.05, 4.69) is 65.0 Å². The van der Waals surface area contributed by atoms with E-state index in [-0.39, 0.29) is 9.52 Å². The van der Waals surface area contributed by atoms with Crippen LogP contribution in [-0.2, 0) is 0 Å². The molecule has 0 radical (unpaired) electrons. The molecule has 1 unspecified atom stereocenters. The molecule has 0 aromatic heterocycles. The first kappa shape index (κ1) is 16.3. The molecule has 0 saturated carbocycles. The van der Waals surface area contributed by atoms with Gasteiger partial charge in [-0.15, -0.1) is 0 Å². The summed E-state index contributed by atoms with van der Waals surface area (Å²) in [5, 5.41) is 1.61. The Morgan fingerprint density at radius 2 is 1.67 bits per heavy atom. The highest BCUT2D eigenvalue weighted by molar-refractivity contribution is 6.53. The van der Waals surface area contributed by atoms with E-state index in [9.17, 15) is 0 Å². The van der Waals surface area contributed by atoms with Gasteiger partial charge in [0.05, 0.1) is 9.52 Å². The van der Waals surface area contributed by atoms with Crippen molar-refractivity contribution < 1.29 is 0 Å². The zero-order valence-electron chi connectivity index (χ0n) is 14.4. The van der Waals surface area contributed by atoms with E-state index in [1.54, 1.807) is 27.5 Å². The molecule has 0 bridgehead atoms. The van der Waals surface area contributed by atoms with Gasteiger partial charge >= 0.3 is 0 Å². The summed E-state index contributed by atoms with van der Waals surface area (Å²) in [4.78, 5) is 0. The minimum absolute atomic E-state index is 0.154. The summed E-state index contributed by atoms with van der Waals surface area (Å²) in [5.74, 6) is 1.55. The third kappa shape index (κ3) is 3.97. The molecule has 1 atom stereocenters. The molecule has 0 nitrogen and oxygen atoms in total. The highest BCUT2D eigenvalue weighted by atomic mass is 28.2. The monoisotopic (exact) mass is 298 g/mol. The van der Waals surface area contributed by atoms with Crippen molar-refractivity contribution in [2.75, 3.05) is 0 Å². The summed E-state index contributed by atoms with van der Waals surface area (Å²) in [7, 11) is -0.154. The maximum atomic E-state index is 2.37. The van der Waals surface area contributed by atoms with Crippen molar-refractivity contribution in [2.24, 2.45) is 11.8 Å². The topological polar surface area (TPSA) is 0 Å². The van der Waals surface area contributed by atoms with E-state index < -0.39 is 0 Å². The van der Waals surface area contributed by atoms with E-state index in [0.717, 1.165) is 11.8 Å². The van der Waals surface area contributed by atoms with Gasteiger partial charge in [0, 0.05) is 0 Å². The molecule has 0 spiro atoms. The largest absolute Gasteiger partial charge is 0.0669 e. The van der Waals surface area contributed by atoms with Gasteiger partial charge in [-0.25, -0.2) is 0 Å². The molecule has 1 aliphatic rings. The summed E-state index contributed by atoms with van der Waals surface area (Å²) in [6.45, 7) is 11.7. The second kappa shape index (κ2) is 7.26. The van der Waals surface area contributed by atoms with Crippen molar-refractivity contribution in [3.63, 3.8) is 0 Å². The Hall–Kier alpha value is -1.08. The lowest BCUT2D eigenvalue weighted by Crippen LogP contribution is -2.18. The Bertz CT molecular complexity index is 534. The minimum Gasteiger partial charge on any atom is -0.0669 e. The SMILES string of the molecule is CC1=C(C)C(C[SiH2]c2ccccc2)C(CCC(C)C)=C1C. The standard InChI is InChI=1S/C20H30Si/c1-14(2)11-12-19-16(4)15(3)17(5)20(19)13-21-18-9-7-6-8-10-18/h6-10,14,20H,11-13,21H2,1-5H3. The third-order valence-electron chi connectivity index (χ3n) is 5.13. The van der Waals surface area contributed by atoms with E-state index in [0.29, 0.717) is 0 Å². The zero-order valence-corrected chi connectivity index (χ0v) is 15.8. The molecule has 0 amide bonds. The normalized spacial score (nSPS) is 19.6. The van der Waals surface area contributed by atoms with Gasteiger partial charge in [0.1, 0.15) is 0 Å². The maximum absolute atomic E-state index is 2.37. The van der Waals surface area contributed by atoms with Crippen LogP contribution >= 0.6 is 0 Å². The Kier molecular flexibility index (Phi) is 5.63. The van der Waals surface area contributed by atoms with Crippen LogP contribution in [-0.4, -0.2) is 9.52 Å². The predicted octanol–water partition coefficient (Wildman–Crippen LogP) is 4.62. The van der Waals surface area contributed by atoms with Gasteiger partial charge in [-0.05, 0) is 62.6 Å². The highest BCUT2D eigenvalue weighted by Gasteiger charge is 2.26. The Balaban J connectivity index is 2.08. The van der Waals surface area contributed by atoms with Crippen molar-refractivity contribution in [1.82, 2.24) is 0 Å². The Morgan fingerprint density at radius 3 is 2.29 bits per heavy atom. The average molecular weight is 299 g/mol. The smallest absolute Gasteiger partial charge is 0.0556 e. The molecule has 2 rings (SSSR count). The van der Waals surface area contributed by atoms with Crippen molar-refractivity contribution in [2.45, 2.75) is 53.5 Å². The Morgan fingerprint density at radius 1 is 1.00 bits per heavy atom. The molecule has 1 heteroatoms. The molecule has 0 N–H and O–H groups in total. The van der Waals surface area contributed by atoms with Gasteiger partial charge in [0.15, 0.2) is 0 Å². The highest BCUT2D eigenvalue weighted by Crippen LogP contribution is 2.41. The van der Waals surface area contributed by atoms with Crippen molar-refractivity contribution in [3.8, 4) is 0 Å². The zero-order chi connectivity index (χ0) is 15.4. The summed E-state index contributed by atoms with van der Waals surface area (Å²) in [6.07, 6.45) is 2.63. The van der Waals surface area contributed by atoms with Gasteiger partial charge in [0.25, 0.3) is 0 Å². The number of rotatable bonds is 6. The van der Waals surface area contributed by atoms with Crippen LogP contribution in [0.1, 0.15) is 47.5 Å². The van der Waals surface area contributed by atoms with E-state index in [1.165, 1.54) is 18.9 Å². The molecule has 114 valence electrons. The van der Waals surface area contributed by atoms with Crippen molar-refractivity contribution in [3.05, 3.63) is 52.6 Å². The van der Waals surface area contributed by atoms with Gasteiger partial charge in [-0.3, -0.25) is 0 Å². The van der Waals surface area contributed by atoms with Crippen molar-refractivity contribution >= 4 is 14.7 Å². The summed E-state index contributed by atoms with van der Waals surface area (Å²) in [6, 6.07) is 12.5. The lowest BCUT2D eigenvalue weighted by molar-refractivity contribution is 0.565. The van der Waals surface area contributed by atoms with Gasteiger partial charge in [0.2, 0.25) is 0 Å². The molecule has 0 saturated heterocycles. The molecule has 0 heterocycles. The minimum atomic E-state index is -0.154. The number of allylic oxidation sites excluding steroid dienone is 4. The van der Waals surface area contributed by atoms with E-state index in [1.807, 2.05) is 0 Å². The first-order valence-electron chi connectivity index (χ1n) is 8.42. The summed E-state index contributed by atoms with van der Waals surface area (Å²) in [5.41, 5.74) is 6.57. The third-order valence-corrected chi connectivity index (χ3v) is 7.05. The lowest BCUT2D eigenvalue weighted by atomic mass is 9.91. The quantitative estimate of drug-likeness (QED) is 0.672. The van der Waals surface area contributed by atoms with Gasteiger partial charge in [-0.2, -0.15) is 0 Å². The fraction of sp³-hybridized carbons (Fsp3) is 0.500. The van der Waals surface area contributed by atoms with Gasteiger partial charge in [-0.1, -0.05) is 60.5 Å². The summed E-state index contributed by atoms with van der Waals surface area (Å²) < 4.78 is 0. The van der Waals surface area contributed by atoms with E-state index >= 15 is 0 Å². The van der Waals surface area contributed by atoms with Crippen LogP contribution in [0.3, 0.4) is 0 Å². The first-order valence-corrected chi connectivity index (χ1v) is 10.1. The summed E-state index contributed by atoms with van der Waals surface area (Å²) >= 11 is 0. The molecule has 0 fully saturated rings. The van der Waals surface area contributed by atoms with Crippen molar-refractivity contribution in [1.29, 1.82) is 0 Å². The second-order valence-corrected chi connectivity index (χ2v) is 8.86. The molecule has 0 aliphatic heterocycles. The fourth-order valence-electron chi connectivity index (χ4n) is 3.47. The van der Waals surface area contributed by atoms with Crippen LogP contribution in [0, 0.1) is 11.8 Å². The van der Waals surface area contributed by atoms with Crippen LogP contribution < -0.4 is 5.19 Å². The average Bonchev–Trinajstić information content (AvgIpc) is 2.68. The Labute approximate surface area is 133 Å². The van der Waals surface area contributed by atoms with E-state index in [4.69, 9.17) is 0 Å². The molecular formula is C20H30Si. The molecule has 21 heavy (non-hydrogen) atoms. The van der Waals surface area contributed by atoms with Crippen LogP contribution in [0.5, 0.6) is 0 Å². The van der Waals surface area contributed by atoms with Gasteiger partial charge < -0.3 is 0 Å². The molecule has 1 aromatic carbocycles. The molecule has 1 aromatic rings. The fourth-order valence-corrected chi connectivity index (χ4v) is 5.48. The van der Waals surface area contributed by atoms with Crippen LogP contribution in [0.2, 0.25) is 6.04 Å². The first-order chi connectivity index (χ1) is 10.0. The lowest BCUT2D eigenvalue weighted by Gasteiger charge is -2.19. The number of hydrogen-bond donors (Lipinski definition) is 0. The maximum Gasteiger partial charge on any atom is 0.0556 e.